The van der Waals surface area contributed by atoms with Gasteiger partial charge in [-0.25, -0.2) is 4.39 Å². The fourth-order valence-electron chi connectivity index (χ4n) is 1.60. The third kappa shape index (κ3) is 3.60. The lowest BCUT2D eigenvalue weighted by Gasteiger charge is -2.01. The highest BCUT2D eigenvalue weighted by Gasteiger charge is 2.18. The number of rotatable bonds is 5. The highest BCUT2D eigenvalue weighted by molar-refractivity contribution is 5.80. The molecule has 0 atom stereocenters. The van der Waals surface area contributed by atoms with Crippen LogP contribution in [0.5, 0.6) is 0 Å². The van der Waals surface area contributed by atoms with Gasteiger partial charge in [0.15, 0.2) is 0 Å². The predicted octanol–water partition coefficient (Wildman–Crippen LogP) is 3.09. The number of hydrogen-bond acceptors (Lipinski definition) is 6. The molecule has 0 aliphatic rings. The van der Waals surface area contributed by atoms with E-state index in [1.54, 1.807) is 0 Å². The molecule has 0 unspecified atom stereocenters. The van der Waals surface area contributed by atoms with Crippen molar-refractivity contribution in [2.45, 2.75) is 0 Å². The van der Waals surface area contributed by atoms with Crippen LogP contribution in [0.15, 0.2) is 47.6 Å². The molecule has 0 radical (unpaired) electrons. The molecule has 0 fully saturated rings. The molecule has 2 aromatic rings. The van der Waals surface area contributed by atoms with Crippen LogP contribution in [-0.4, -0.2) is 16.1 Å². The zero-order valence-electron chi connectivity index (χ0n) is 11.0. The Morgan fingerprint density at radius 2 is 1.73 bits per heavy atom. The van der Waals surface area contributed by atoms with Crippen LogP contribution in [0.25, 0.3) is 0 Å². The summed E-state index contributed by atoms with van der Waals surface area (Å²) < 4.78 is 12.7. The Hall–Kier alpha value is -3.36. The van der Waals surface area contributed by atoms with Crippen molar-refractivity contribution in [2.75, 3.05) is 5.43 Å². The zero-order chi connectivity index (χ0) is 16.1. The summed E-state index contributed by atoms with van der Waals surface area (Å²) in [5.74, 6) is -0.392. The van der Waals surface area contributed by atoms with Crippen LogP contribution in [0.4, 0.5) is 21.5 Å². The van der Waals surface area contributed by atoms with Gasteiger partial charge in [0.2, 0.25) is 0 Å². The average Bonchev–Trinajstić information content (AvgIpc) is 2.49. The third-order valence-corrected chi connectivity index (χ3v) is 2.66. The number of nitro benzene ring substituents is 2. The molecule has 0 saturated carbocycles. The second kappa shape index (κ2) is 6.39. The van der Waals surface area contributed by atoms with Gasteiger partial charge in [0.25, 0.3) is 5.69 Å². The van der Waals surface area contributed by atoms with Crippen molar-refractivity contribution in [2.24, 2.45) is 5.10 Å². The molecule has 1 N–H and O–H groups in total. The summed E-state index contributed by atoms with van der Waals surface area (Å²) >= 11 is 0. The van der Waals surface area contributed by atoms with Crippen LogP contribution in [0.2, 0.25) is 0 Å². The molecule has 0 aliphatic carbocycles. The maximum Gasteiger partial charge on any atom is 0.301 e. The molecule has 0 saturated heterocycles. The summed E-state index contributed by atoms with van der Waals surface area (Å²) in [6.45, 7) is 0. The molecule has 0 bridgehead atoms. The highest BCUT2D eigenvalue weighted by Crippen LogP contribution is 2.28. The van der Waals surface area contributed by atoms with E-state index < -0.39 is 21.4 Å². The number of hydrazone groups is 1. The van der Waals surface area contributed by atoms with Gasteiger partial charge in [0, 0.05) is 6.07 Å². The predicted molar refractivity (Wildman–Crippen MR) is 77.4 cm³/mol. The summed E-state index contributed by atoms with van der Waals surface area (Å²) in [6, 6.07) is 8.61. The second-order valence-corrected chi connectivity index (χ2v) is 4.14. The van der Waals surface area contributed by atoms with Crippen LogP contribution in [0.1, 0.15) is 5.56 Å². The number of nitrogens with one attached hydrogen (secondary N) is 1. The van der Waals surface area contributed by atoms with Crippen molar-refractivity contribution in [1.29, 1.82) is 0 Å². The summed E-state index contributed by atoms with van der Waals surface area (Å²) in [5.41, 5.74) is 2.17. The Morgan fingerprint density at radius 3 is 2.32 bits per heavy atom. The quantitative estimate of drug-likeness (QED) is 0.518. The summed E-state index contributed by atoms with van der Waals surface area (Å²) in [6.07, 6.45) is 1.34. The average molecular weight is 304 g/mol. The maximum absolute atomic E-state index is 12.7. The molecule has 2 aromatic carbocycles. The Balaban J connectivity index is 2.20. The Bertz CT molecular complexity index is 746. The van der Waals surface area contributed by atoms with Crippen molar-refractivity contribution < 1.29 is 14.2 Å². The third-order valence-electron chi connectivity index (χ3n) is 2.66. The molecule has 2 rings (SSSR count). The first-order chi connectivity index (χ1) is 10.5. The number of anilines is 1. The molecule has 9 heteroatoms. The smallest absolute Gasteiger partial charge is 0.272 e. The molecular formula is C13H9FN4O4. The largest absolute Gasteiger partial charge is 0.301 e. The van der Waals surface area contributed by atoms with E-state index in [-0.39, 0.29) is 11.4 Å². The minimum atomic E-state index is -0.747. The van der Waals surface area contributed by atoms with E-state index in [0.29, 0.717) is 5.56 Å². The van der Waals surface area contributed by atoms with E-state index in [1.165, 1.54) is 36.5 Å². The second-order valence-electron chi connectivity index (χ2n) is 4.14. The number of benzene rings is 2. The lowest BCUT2D eigenvalue weighted by molar-refractivity contribution is -0.393. The van der Waals surface area contributed by atoms with Crippen LogP contribution in [0.3, 0.4) is 0 Å². The molecule has 0 spiro atoms. The van der Waals surface area contributed by atoms with E-state index in [1.807, 2.05) is 0 Å². The van der Waals surface area contributed by atoms with Gasteiger partial charge >= 0.3 is 5.69 Å². The topological polar surface area (TPSA) is 111 Å². The lowest BCUT2D eigenvalue weighted by atomic mass is 10.2. The van der Waals surface area contributed by atoms with E-state index in [4.69, 9.17) is 0 Å². The van der Waals surface area contributed by atoms with Gasteiger partial charge in [-0.2, -0.15) is 5.10 Å². The van der Waals surface area contributed by atoms with E-state index in [2.05, 4.69) is 10.5 Å². The van der Waals surface area contributed by atoms with E-state index >= 15 is 0 Å². The zero-order valence-corrected chi connectivity index (χ0v) is 11.0. The van der Waals surface area contributed by atoms with Crippen molar-refractivity contribution in [3.8, 4) is 0 Å². The molecule has 0 aromatic heterocycles. The van der Waals surface area contributed by atoms with Gasteiger partial charge < -0.3 is 0 Å². The van der Waals surface area contributed by atoms with Gasteiger partial charge in [-0.15, -0.1) is 0 Å². The van der Waals surface area contributed by atoms with Gasteiger partial charge in [0.05, 0.1) is 22.1 Å². The number of hydrogen-bond donors (Lipinski definition) is 1. The normalized spacial score (nSPS) is 10.6. The van der Waals surface area contributed by atoms with Crippen LogP contribution < -0.4 is 5.43 Å². The highest BCUT2D eigenvalue weighted by atomic mass is 19.1. The fraction of sp³-hybridized carbons (Fsp3) is 0. The summed E-state index contributed by atoms with van der Waals surface area (Å²) in [7, 11) is 0. The minimum Gasteiger partial charge on any atom is -0.272 e. The molecule has 0 amide bonds. The maximum atomic E-state index is 12.7. The molecule has 8 nitrogen and oxygen atoms in total. The van der Waals surface area contributed by atoms with Crippen LogP contribution in [-0.2, 0) is 0 Å². The molecule has 0 heterocycles. The SMILES string of the molecule is O=[N+]([O-])c1ccc(NN=Cc2ccc(F)cc2)c([N+](=O)[O-])c1. The summed E-state index contributed by atoms with van der Waals surface area (Å²) in [5, 5.41) is 25.3. The van der Waals surface area contributed by atoms with Crippen molar-refractivity contribution in [3.63, 3.8) is 0 Å². The molecule has 22 heavy (non-hydrogen) atoms. The van der Waals surface area contributed by atoms with Gasteiger partial charge in [-0.1, -0.05) is 12.1 Å². The number of non-ortho nitro benzene ring substituents is 1. The Kier molecular flexibility index (Phi) is 4.37. The van der Waals surface area contributed by atoms with Gasteiger partial charge in [0.1, 0.15) is 11.5 Å². The first kappa shape index (κ1) is 15.0. The molecule has 0 aliphatic heterocycles. The van der Waals surface area contributed by atoms with Gasteiger partial charge in [-0.05, 0) is 23.8 Å². The standard InChI is InChI=1S/C13H9FN4O4/c14-10-3-1-9(2-4-10)8-15-16-12-6-5-11(17(19)20)7-13(12)18(21)22/h1-8,16H. The Morgan fingerprint density at radius 1 is 1.05 bits per heavy atom. The van der Waals surface area contributed by atoms with Crippen molar-refractivity contribution in [1.82, 2.24) is 0 Å². The van der Waals surface area contributed by atoms with Crippen LogP contribution >= 0.6 is 0 Å². The molecule has 112 valence electrons. The van der Waals surface area contributed by atoms with E-state index in [9.17, 15) is 24.6 Å². The fourth-order valence-corrected chi connectivity index (χ4v) is 1.60. The van der Waals surface area contributed by atoms with Crippen LogP contribution in [0, 0.1) is 26.0 Å². The van der Waals surface area contributed by atoms with Crippen molar-refractivity contribution in [3.05, 3.63) is 74.1 Å². The molecular weight excluding hydrogens is 295 g/mol. The van der Waals surface area contributed by atoms with Gasteiger partial charge in [-0.3, -0.25) is 25.7 Å². The van der Waals surface area contributed by atoms with Crippen molar-refractivity contribution >= 4 is 23.3 Å². The monoisotopic (exact) mass is 304 g/mol. The first-order valence-electron chi connectivity index (χ1n) is 5.95. The summed E-state index contributed by atoms with van der Waals surface area (Å²) in [4.78, 5) is 20.1. The Labute approximate surface area is 123 Å². The number of nitrogens with zero attached hydrogens (tertiary/aromatic N) is 3. The number of halogens is 1. The van der Waals surface area contributed by atoms with E-state index in [0.717, 1.165) is 12.1 Å². The first-order valence-corrected chi connectivity index (χ1v) is 5.95. The minimum absolute atomic E-state index is 0.00830. The lowest BCUT2D eigenvalue weighted by Crippen LogP contribution is -1.98. The number of nitro groups is 2.